The highest BCUT2D eigenvalue weighted by atomic mass is 14.2. The molecule has 0 heterocycles. The molecule has 0 unspecified atom stereocenters. The standard InChI is InChI=1S/C42H30.C40H26/c1-27-24-33(25-28(2)40(27)35-21-11-15-30-13-5-6-16-34(30)35)42-38-19-9-7-17-36(38)41(37-18-8-10-20-39(37)42)32-23-22-29-12-3-4-14-31(29)26-32;1-2-12-31-26-32(25-20-27(31)10-1)40-37-17-7-5-15-35(37)39(36-16-6-8-18-38(36)40)30-23-21-29(22-24-30)34-19-9-13-28-11-3-4-14-33(28)34/h3-26H,1-2H3;1-26H/i3D,4D,5D,6D,7D,8D,9D,10D,11D,12D,13D,14D,15D,16D,17D,18D,19D,20D,21D,22D,23D,24D,25D,26D;1D,2D,3D,4D,9D,10D,11D,12D,13D,14D,19D,20D,21D,22D,23D,24D,25D,26D. The van der Waals surface area contributed by atoms with Crippen LogP contribution in [0.3, 0.4) is 0 Å². The fourth-order valence-electron chi connectivity index (χ4n) is 10.5. The van der Waals surface area contributed by atoms with Crippen LogP contribution in [0.2, 0.25) is 0 Å². The summed E-state index contributed by atoms with van der Waals surface area (Å²) in [7, 11) is 0. The molecule has 0 aromatic heterocycles. The third-order valence-corrected chi connectivity index (χ3v) is 13.9. The SMILES string of the molecule is [2H]c1c(C)c(-c2c([2H])c([2H])c([2H])c3c([2H])c([2H])c([2H])c([2H])c23)c(C)c([2H])c1-c1c2c([2H])c([2H])c([2H])c([2H])c2c(-c2c([2H])c([2H])c3c([2H])c([2H])c([2H])c([2H])c3c2[2H])c2c([2H])c([2H])c([2H])c([2H])c12.[2H]c1c([2H])c(-c2c([2H])c([2H])c([2H])c3c([2H])c([2H])c([2H])c([2H])c23)c([2H])c([2H])c1-c1c2ccccc2c(-c2c([2H])c([2H])c3c([2H])c([2H])c([2H])c([2H])c3c2[2H])c2ccccc12. The van der Waals surface area contributed by atoms with E-state index >= 15 is 0 Å². The molecule has 0 amide bonds. The first-order chi connectivity index (χ1) is 58.0. The number of hydrogen-bond acceptors (Lipinski definition) is 0. The maximum atomic E-state index is 9.73. The number of rotatable bonds is 6. The number of hydrogen-bond donors (Lipinski definition) is 0. The zero-order valence-corrected chi connectivity index (χ0v) is 42.6. The van der Waals surface area contributed by atoms with Gasteiger partial charge in [0.15, 0.2) is 0 Å². The van der Waals surface area contributed by atoms with Crippen LogP contribution in [0.5, 0.6) is 0 Å². The van der Waals surface area contributed by atoms with Gasteiger partial charge in [0.05, 0.1) is 57.6 Å². The quantitative estimate of drug-likeness (QED) is 0.146. The van der Waals surface area contributed by atoms with Crippen LogP contribution < -0.4 is 0 Å². The van der Waals surface area contributed by atoms with Crippen molar-refractivity contribution in [1.29, 1.82) is 0 Å². The van der Waals surface area contributed by atoms with E-state index in [1.54, 1.807) is 48.5 Å². The maximum Gasteiger partial charge on any atom is 0.0636 e. The van der Waals surface area contributed by atoms with Gasteiger partial charge < -0.3 is 0 Å². The van der Waals surface area contributed by atoms with E-state index < -0.39 is 336 Å². The average Bonchev–Trinajstić information content (AvgIpc) is 0.684. The Morgan fingerprint density at radius 3 is 0.988 bits per heavy atom. The van der Waals surface area contributed by atoms with Crippen molar-refractivity contribution in [3.8, 4) is 66.8 Å². The lowest BCUT2D eigenvalue weighted by Crippen LogP contribution is -1.94. The summed E-state index contributed by atoms with van der Waals surface area (Å²) in [4.78, 5) is 0. The molecule has 0 heteroatoms. The van der Waals surface area contributed by atoms with Crippen LogP contribution in [-0.2, 0) is 0 Å². The second-order valence-corrected chi connectivity index (χ2v) is 18.6. The van der Waals surface area contributed by atoms with E-state index in [1.165, 1.54) is 13.8 Å². The van der Waals surface area contributed by atoms with Crippen molar-refractivity contribution in [1.82, 2.24) is 0 Å². The van der Waals surface area contributed by atoms with E-state index in [2.05, 4.69) is 0 Å². The molecule has 0 radical (unpaired) electrons. The van der Waals surface area contributed by atoms with Crippen molar-refractivity contribution >= 4 is 86.2 Å². The van der Waals surface area contributed by atoms with Crippen LogP contribution in [0.15, 0.2) is 302 Å². The van der Waals surface area contributed by atoms with Crippen molar-refractivity contribution in [2.75, 3.05) is 0 Å². The van der Waals surface area contributed by atoms with E-state index in [4.69, 9.17) is 39.8 Å². The first kappa shape index (κ1) is 21.9. The van der Waals surface area contributed by atoms with Gasteiger partial charge in [-0.05, 0) is 190 Å². The van der Waals surface area contributed by atoms with E-state index in [1.807, 2.05) is 0 Å². The van der Waals surface area contributed by atoms with Gasteiger partial charge in [0, 0.05) is 0 Å². The molecular weight excluding hydrogens is 985 g/mol. The Morgan fingerprint density at radius 2 is 0.524 bits per heavy atom. The molecular formula is C82H56. The molecule has 0 fully saturated rings. The van der Waals surface area contributed by atoms with Crippen molar-refractivity contribution in [2.24, 2.45) is 0 Å². The molecule has 0 saturated heterocycles. The Labute approximate surface area is 537 Å². The largest absolute Gasteiger partial charge is 0.0636 e. The summed E-state index contributed by atoms with van der Waals surface area (Å²) in [6.07, 6.45) is 0. The normalized spacial score (nSPS) is 18.7. The van der Waals surface area contributed by atoms with Crippen molar-refractivity contribution in [2.45, 2.75) is 13.8 Å². The minimum atomic E-state index is -0.894. The Hall–Kier alpha value is -10.4. The van der Waals surface area contributed by atoms with E-state index in [0.29, 0.717) is 21.5 Å². The molecule has 16 aromatic rings. The molecule has 0 N–H and O–H groups in total. The Morgan fingerprint density at radius 1 is 0.207 bits per heavy atom. The van der Waals surface area contributed by atoms with E-state index in [9.17, 15) is 17.8 Å². The van der Waals surface area contributed by atoms with Gasteiger partial charge in [-0.25, -0.2) is 0 Å². The zero-order valence-electron chi connectivity index (χ0n) is 84.6. The molecule has 0 nitrogen and oxygen atoms in total. The van der Waals surface area contributed by atoms with Crippen LogP contribution in [0.25, 0.3) is 153 Å². The smallest absolute Gasteiger partial charge is 0.0616 e. The summed E-state index contributed by atoms with van der Waals surface area (Å²) in [6.45, 7) is 2.69. The summed E-state index contributed by atoms with van der Waals surface area (Å²) in [6, 6.07) is -16.6. The predicted octanol–water partition coefficient (Wildman–Crippen LogP) is 23.2. The highest BCUT2D eigenvalue weighted by molar-refractivity contribution is 6.23. The highest BCUT2D eigenvalue weighted by Crippen LogP contribution is 2.47. The third-order valence-electron chi connectivity index (χ3n) is 13.9. The van der Waals surface area contributed by atoms with E-state index in [0.717, 1.165) is 0 Å². The highest BCUT2D eigenvalue weighted by Gasteiger charge is 2.21. The van der Waals surface area contributed by atoms with Crippen molar-refractivity contribution in [3.63, 3.8) is 0 Å². The van der Waals surface area contributed by atoms with Gasteiger partial charge in [0.25, 0.3) is 0 Å². The molecule has 384 valence electrons. The summed E-state index contributed by atoms with van der Waals surface area (Å²) in [5, 5.41) is -4.03. The molecule has 82 heavy (non-hydrogen) atoms. The van der Waals surface area contributed by atoms with E-state index in [-0.39, 0.29) is 60.7 Å². The third kappa shape index (κ3) is 8.39. The first-order valence-electron chi connectivity index (χ1n) is 46.2. The first-order valence-corrected chi connectivity index (χ1v) is 25.2. The lowest BCUT2D eigenvalue weighted by molar-refractivity contribution is 1.39. The summed E-state index contributed by atoms with van der Waals surface area (Å²) in [5.74, 6) is 0. The van der Waals surface area contributed by atoms with Crippen molar-refractivity contribution in [3.05, 3.63) is 313 Å². The maximum absolute atomic E-state index is 9.73. The Kier molecular flexibility index (Phi) is 5.44. The molecule has 0 atom stereocenters. The van der Waals surface area contributed by atoms with Crippen LogP contribution >= 0.6 is 0 Å². The summed E-state index contributed by atoms with van der Waals surface area (Å²) in [5.41, 5.74) is -3.70. The fourth-order valence-corrected chi connectivity index (χ4v) is 10.5. The molecule has 16 rings (SSSR count). The van der Waals surface area contributed by atoms with Crippen LogP contribution in [0.4, 0.5) is 0 Å². The van der Waals surface area contributed by atoms with Gasteiger partial charge >= 0.3 is 0 Å². The van der Waals surface area contributed by atoms with Gasteiger partial charge in [-0.3, -0.25) is 0 Å². The molecule has 0 bridgehead atoms. The number of benzene rings is 16. The monoisotopic (exact) mass is 1080 g/mol. The Balaban J connectivity index is 0.000000193. The zero-order chi connectivity index (χ0) is 91.2. The molecule has 0 aliphatic rings. The molecule has 0 saturated carbocycles. The molecule has 0 spiro atoms. The summed E-state index contributed by atoms with van der Waals surface area (Å²) < 4.78 is 372. The second-order valence-electron chi connectivity index (χ2n) is 18.6. The predicted molar refractivity (Wildman–Crippen MR) is 355 cm³/mol. The van der Waals surface area contributed by atoms with Gasteiger partial charge in [0.2, 0.25) is 0 Å². The minimum Gasteiger partial charge on any atom is -0.0616 e. The van der Waals surface area contributed by atoms with Gasteiger partial charge in [0.1, 0.15) is 0 Å². The summed E-state index contributed by atoms with van der Waals surface area (Å²) >= 11 is 0. The van der Waals surface area contributed by atoms with Crippen molar-refractivity contribution < 1.29 is 57.6 Å². The van der Waals surface area contributed by atoms with Gasteiger partial charge in [-0.15, -0.1) is 0 Å². The molecule has 0 aliphatic carbocycles. The lowest BCUT2D eigenvalue weighted by atomic mass is 9.83. The van der Waals surface area contributed by atoms with Gasteiger partial charge in [-0.2, -0.15) is 0 Å². The topological polar surface area (TPSA) is 0 Å². The van der Waals surface area contributed by atoms with Crippen LogP contribution in [0, 0.1) is 13.8 Å². The van der Waals surface area contributed by atoms with Crippen LogP contribution in [0.1, 0.15) is 68.7 Å². The average molecular weight is 1080 g/mol. The fraction of sp³-hybridized carbons (Fsp3) is 0.0244. The Bertz CT molecular complexity index is 7550. The molecule has 16 aromatic carbocycles. The lowest BCUT2D eigenvalue weighted by Gasteiger charge is -2.20. The van der Waals surface area contributed by atoms with Gasteiger partial charge in [-0.1, -0.05) is 290 Å². The second kappa shape index (κ2) is 20.4. The van der Waals surface area contributed by atoms with Crippen LogP contribution in [-0.4, -0.2) is 0 Å². The minimum absolute atomic E-state index is 0.0974. The molecule has 0 aliphatic heterocycles. The number of fused-ring (bicyclic) bond motifs is 8.